The lowest BCUT2D eigenvalue weighted by atomic mass is 10.2. The second-order valence-corrected chi connectivity index (χ2v) is 5.79. The lowest BCUT2D eigenvalue weighted by Gasteiger charge is -2.15. The molecular weight excluding hydrogens is 309 g/mol. The molecule has 0 radical (unpaired) electrons. The van der Waals surface area contributed by atoms with Crippen LogP contribution in [0.5, 0.6) is 5.75 Å². The quantitative estimate of drug-likeness (QED) is 0.618. The summed E-state index contributed by atoms with van der Waals surface area (Å²) >= 11 is 0. The van der Waals surface area contributed by atoms with Gasteiger partial charge in [0.25, 0.3) is 10.1 Å². The van der Waals surface area contributed by atoms with Crippen molar-refractivity contribution in [3.8, 4) is 18.1 Å². The highest BCUT2D eigenvalue weighted by Crippen LogP contribution is 2.37. The van der Waals surface area contributed by atoms with E-state index in [2.05, 4.69) is 10.1 Å². The van der Waals surface area contributed by atoms with Gasteiger partial charge in [-0.15, -0.1) is 6.42 Å². The molecule has 0 saturated heterocycles. The number of hydrogen-bond donors (Lipinski definition) is 0. The summed E-state index contributed by atoms with van der Waals surface area (Å²) in [6.45, 7) is 2.57. The van der Waals surface area contributed by atoms with E-state index in [4.69, 9.17) is 11.2 Å². The van der Waals surface area contributed by atoms with E-state index in [1.54, 1.807) is 0 Å². The number of rotatable bonds is 5. The van der Waals surface area contributed by atoms with Gasteiger partial charge in [-0.2, -0.15) is 21.6 Å². The molecule has 0 fully saturated rings. The first-order valence-corrected chi connectivity index (χ1v) is 7.19. The maximum absolute atomic E-state index is 13.0. The fraction of sp³-hybridized carbons (Fsp3) is 0.385. The molecule has 0 N–H and O–H groups in total. The zero-order chi connectivity index (χ0) is 16.3. The minimum Gasteiger partial charge on any atom is -0.481 e. The van der Waals surface area contributed by atoms with Crippen molar-refractivity contribution in [3.63, 3.8) is 0 Å². The Kier molecular flexibility index (Phi) is 5.25. The average Bonchev–Trinajstić information content (AvgIpc) is 2.33. The van der Waals surface area contributed by atoms with E-state index in [9.17, 15) is 21.6 Å². The Balaban J connectivity index is 3.36. The Morgan fingerprint density at radius 1 is 1.33 bits per heavy atom. The SMILES string of the molecule is C#CCOc1ccc(S(=O)(=O)OC(C)C)c(C(F)(F)F)c1. The number of terminal acetylenes is 1. The van der Waals surface area contributed by atoms with Crippen LogP contribution in [0.25, 0.3) is 0 Å². The molecule has 0 heterocycles. The second kappa shape index (κ2) is 6.37. The Hall–Kier alpha value is -1.72. The zero-order valence-electron chi connectivity index (χ0n) is 11.3. The lowest BCUT2D eigenvalue weighted by Crippen LogP contribution is -2.18. The van der Waals surface area contributed by atoms with Crippen LogP contribution in [0.1, 0.15) is 19.4 Å². The van der Waals surface area contributed by atoms with Crippen LogP contribution in [0.3, 0.4) is 0 Å². The van der Waals surface area contributed by atoms with Crippen LogP contribution < -0.4 is 4.74 Å². The third-order valence-electron chi connectivity index (χ3n) is 2.17. The molecule has 0 aliphatic carbocycles. The highest BCUT2D eigenvalue weighted by molar-refractivity contribution is 7.86. The van der Waals surface area contributed by atoms with Gasteiger partial charge in [-0.25, -0.2) is 0 Å². The first-order valence-electron chi connectivity index (χ1n) is 5.78. The molecule has 116 valence electrons. The van der Waals surface area contributed by atoms with E-state index in [1.165, 1.54) is 13.8 Å². The van der Waals surface area contributed by atoms with Crippen LogP contribution in [-0.4, -0.2) is 21.1 Å². The molecule has 0 amide bonds. The molecule has 0 aromatic heterocycles. The summed E-state index contributed by atoms with van der Waals surface area (Å²) in [5, 5.41) is 0. The van der Waals surface area contributed by atoms with Crippen molar-refractivity contribution < 1.29 is 30.5 Å². The van der Waals surface area contributed by atoms with E-state index < -0.39 is 32.9 Å². The Labute approximate surface area is 121 Å². The maximum atomic E-state index is 13.0. The normalized spacial score (nSPS) is 12.2. The Morgan fingerprint density at radius 2 is 1.95 bits per heavy atom. The third kappa shape index (κ3) is 4.65. The van der Waals surface area contributed by atoms with Gasteiger partial charge in [0.1, 0.15) is 17.3 Å². The van der Waals surface area contributed by atoms with Gasteiger partial charge in [0, 0.05) is 0 Å². The van der Waals surface area contributed by atoms with Crippen LogP contribution in [0, 0.1) is 12.3 Å². The van der Waals surface area contributed by atoms with Crippen molar-refractivity contribution in [3.05, 3.63) is 23.8 Å². The molecule has 0 aliphatic heterocycles. The average molecular weight is 322 g/mol. The van der Waals surface area contributed by atoms with Gasteiger partial charge in [0.2, 0.25) is 0 Å². The summed E-state index contributed by atoms with van der Waals surface area (Å²) in [6, 6.07) is 2.45. The molecule has 0 saturated carbocycles. The molecule has 1 rings (SSSR count). The third-order valence-corrected chi connectivity index (χ3v) is 3.70. The van der Waals surface area contributed by atoms with E-state index in [1.807, 2.05) is 0 Å². The largest absolute Gasteiger partial charge is 0.481 e. The van der Waals surface area contributed by atoms with Crippen molar-refractivity contribution in [1.29, 1.82) is 0 Å². The van der Waals surface area contributed by atoms with E-state index in [0.29, 0.717) is 6.07 Å². The number of hydrogen-bond acceptors (Lipinski definition) is 4. The van der Waals surface area contributed by atoms with Crippen molar-refractivity contribution in [1.82, 2.24) is 0 Å². The molecule has 21 heavy (non-hydrogen) atoms. The van der Waals surface area contributed by atoms with Crippen LogP contribution in [0.15, 0.2) is 23.1 Å². The van der Waals surface area contributed by atoms with E-state index >= 15 is 0 Å². The fourth-order valence-corrected chi connectivity index (χ4v) is 2.76. The lowest BCUT2D eigenvalue weighted by molar-refractivity contribution is -0.140. The molecule has 0 spiro atoms. The van der Waals surface area contributed by atoms with Gasteiger partial charge in [-0.3, -0.25) is 4.18 Å². The maximum Gasteiger partial charge on any atom is 0.417 e. The highest BCUT2D eigenvalue weighted by Gasteiger charge is 2.38. The molecule has 0 unspecified atom stereocenters. The van der Waals surface area contributed by atoms with Crippen LogP contribution in [0.4, 0.5) is 13.2 Å². The van der Waals surface area contributed by atoms with E-state index in [0.717, 1.165) is 12.1 Å². The van der Waals surface area contributed by atoms with Crippen molar-refractivity contribution in [2.24, 2.45) is 0 Å². The first kappa shape index (κ1) is 17.3. The number of ether oxygens (including phenoxy) is 1. The number of halogens is 3. The highest BCUT2D eigenvalue weighted by atomic mass is 32.2. The molecule has 1 aromatic carbocycles. The first-order chi connectivity index (χ1) is 9.58. The zero-order valence-corrected chi connectivity index (χ0v) is 12.1. The molecule has 0 aliphatic rings. The summed E-state index contributed by atoms with van der Waals surface area (Å²) in [5.74, 6) is 1.92. The summed E-state index contributed by atoms with van der Waals surface area (Å²) in [4.78, 5) is -0.961. The minimum atomic E-state index is -4.88. The van der Waals surface area contributed by atoms with Gasteiger partial charge in [0.15, 0.2) is 0 Å². The predicted octanol–water partition coefficient (Wildman–Crippen LogP) is 2.83. The Bertz CT molecular complexity index is 642. The van der Waals surface area contributed by atoms with Gasteiger partial charge < -0.3 is 4.74 Å². The smallest absolute Gasteiger partial charge is 0.417 e. The molecule has 1 aromatic rings. The van der Waals surface area contributed by atoms with Crippen LogP contribution >= 0.6 is 0 Å². The van der Waals surface area contributed by atoms with Gasteiger partial charge >= 0.3 is 6.18 Å². The fourth-order valence-electron chi connectivity index (χ4n) is 1.47. The number of benzene rings is 1. The van der Waals surface area contributed by atoms with Gasteiger partial charge in [-0.1, -0.05) is 5.92 Å². The van der Waals surface area contributed by atoms with Crippen molar-refractivity contribution in [2.45, 2.75) is 31.0 Å². The van der Waals surface area contributed by atoms with Crippen molar-refractivity contribution >= 4 is 10.1 Å². The van der Waals surface area contributed by atoms with E-state index in [-0.39, 0.29) is 12.4 Å². The monoisotopic (exact) mass is 322 g/mol. The summed E-state index contributed by atoms with van der Waals surface area (Å²) in [5.41, 5.74) is -1.36. The second-order valence-electron chi connectivity index (χ2n) is 4.25. The molecule has 4 nitrogen and oxygen atoms in total. The topological polar surface area (TPSA) is 52.6 Å². The summed E-state index contributed by atoms with van der Waals surface area (Å²) < 4.78 is 72.1. The molecular formula is C13H13F3O4S. The number of alkyl halides is 3. The minimum absolute atomic E-state index is 0.177. The Morgan fingerprint density at radius 3 is 2.43 bits per heavy atom. The summed E-state index contributed by atoms with van der Waals surface area (Å²) in [7, 11) is -4.53. The predicted molar refractivity (Wildman–Crippen MR) is 69.2 cm³/mol. The molecule has 0 atom stereocenters. The van der Waals surface area contributed by atoms with Gasteiger partial charge in [0.05, 0.1) is 11.7 Å². The summed E-state index contributed by atoms with van der Waals surface area (Å²) in [6.07, 6.45) is -0.720. The molecule has 8 heteroatoms. The van der Waals surface area contributed by atoms with Crippen LogP contribution in [0.2, 0.25) is 0 Å². The molecule has 0 bridgehead atoms. The standard InChI is InChI=1S/C13H13F3O4S/c1-4-7-19-10-5-6-12(11(8-10)13(14,15)16)21(17,18)20-9(2)3/h1,5-6,8-9H,7H2,2-3H3. The van der Waals surface area contributed by atoms with Crippen LogP contribution in [-0.2, 0) is 20.5 Å². The van der Waals surface area contributed by atoms with Crippen molar-refractivity contribution in [2.75, 3.05) is 6.61 Å². The van der Waals surface area contributed by atoms with Gasteiger partial charge in [-0.05, 0) is 32.0 Å².